The van der Waals surface area contributed by atoms with Gasteiger partial charge in [-0.1, -0.05) is 22.0 Å². The monoisotopic (exact) mass is 489 g/mol. The molecular weight excluding hydrogens is 475 g/mol. The number of nitrogens with zero attached hydrogens (tertiary/aromatic N) is 2. The third kappa shape index (κ3) is 4.27. The lowest BCUT2D eigenvalue weighted by Crippen LogP contribution is -2.14. The number of anilines is 1. The van der Waals surface area contributed by atoms with Crippen LogP contribution >= 0.6 is 15.9 Å². The number of amides is 1. The zero-order valence-electron chi connectivity index (χ0n) is 16.1. The van der Waals surface area contributed by atoms with Crippen LogP contribution in [0.3, 0.4) is 0 Å². The van der Waals surface area contributed by atoms with E-state index in [4.69, 9.17) is 4.74 Å². The molecule has 5 nitrogen and oxygen atoms in total. The zero-order chi connectivity index (χ0) is 22.2. The first-order chi connectivity index (χ1) is 14.8. The largest absolute Gasteiger partial charge is 0.497 e. The van der Waals surface area contributed by atoms with Crippen molar-refractivity contribution >= 4 is 38.6 Å². The average Bonchev–Trinajstić information content (AvgIpc) is 3.13. The Balaban J connectivity index is 1.71. The second kappa shape index (κ2) is 8.07. The van der Waals surface area contributed by atoms with E-state index in [1.54, 1.807) is 30.3 Å². The molecule has 4 rings (SSSR count). The Morgan fingerprint density at radius 3 is 2.45 bits per heavy atom. The lowest BCUT2D eigenvalue weighted by molar-refractivity contribution is -0.145. The molecule has 1 aromatic heterocycles. The maximum absolute atomic E-state index is 13.7. The van der Waals surface area contributed by atoms with Crippen molar-refractivity contribution in [3.05, 3.63) is 82.6 Å². The smallest absolute Gasteiger partial charge is 0.450 e. The molecule has 0 aliphatic rings. The number of alkyl halides is 3. The Morgan fingerprint density at radius 1 is 1.06 bits per heavy atom. The molecule has 0 aliphatic carbocycles. The van der Waals surface area contributed by atoms with Gasteiger partial charge in [-0.15, -0.1) is 0 Å². The van der Waals surface area contributed by atoms with Crippen molar-refractivity contribution in [3.63, 3.8) is 0 Å². The summed E-state index contributed by atoms with van der Waals surface area (Å²) in [5.41, 5.74) is 1.61. The number of carbonyl (C=O) groups is 1. The Hall–Kier alpha value is -3.33. The summed E-state index contributed by atoms with van der Waals surface area (Å²) in [6.07, 6.45) is -4.65. The molecule has 0 aliphatic heterocycles. The summed E-state index contributed by atoms with van der Waals surface area (Å²) in [5, 5.41) is 2.73. The molecule has 0 bridgehead atoms. The van der Waals surface area contributed by atoms with Crippen LogP contribution in [0.15, 0.2) is 71.2 Å². The van der Waals surface area contributed by atoms with E-state index in [1.807, 2.05) is 0 Å². The number of benzene rings is 3. The molecule has 0 radical (unpaired) electrons. The van der Waals surface area contributed by atoms with Crippen molar-refractivity contribution in [2.24, 2.45) is 0 Å². The van der Waals surface area contributed by atoms with Gasteiger partial charge in [0.2, 0.25) is 5.82 Å². The zero-order valence-corrected chi connectivity index (χ0v) is 17.7. The lowest BCUT2D eigenvalue weighted by Gasteiger charge is -2.13. The summed E-state index contributed by atoms with van der Waals surface area (Å²) in [7, 11) is 1.44. The maximum atomic E-state index is 13.7. The first-order valence-corrected chi connectivity index (χ1v) is 9.86. The quantitative estimate of drug-likeness (QED) is 0.378. The van der Waals surface area contributed by atoms with Crippen LogP contribution in [0, 0.1) is 0 Å². The summed E-state index contributed by atoms with van der Waals surface area (Å²) in [6.45, 7) is 0. The molecule has 0 saturated heterocycles. The van der Waals surface area contributed by atoms with Gasteiger partial charge in [-0.3, -0.25) is 9.36 Å². The van der Waals surface area contributed by atoms with Gasteiger partial charge >= 0.3 is 6.18 Å². The predicted octanol–water partition coefficient (Wildman–Crippen LogP) is 6.07. The van der Waals surface area contributed by atoms with E-state index >= 15 is 0 Å². The Labute approximate surface area is 183 Å². The lowest BCUT2D eigenvalue weighted by atomic mass is 10.2. The van der Waals surface area contributed by atoms with E-state index in [0.29, 0.717) is 17.0 Å². The fraction of sp³-hybridized carbons (Fsp3) is 0.0909. The van der Waals surface area contributed by atoms with Gasteiger partial charge in [0.1, 0.15) is 5.75 Å². The fourth-order valence-corrected chi connectivity index (χ4v) is 3.56. The number of hydrogen-bond acceptors (Lipinski definition) is 3. The van der Waals surface area contributed by atoms with Gasteiger partial charge < -0.3 is 10.1 Å². The number of ether oxygens (including phenoxy) is 1. The summed E-state index contributed by atoms with van der Waals surface area (Å²) >= 11 is 3.31. The summed E-state index contributed by atoms with van der Waals surface area (Å²) < 4.78 is 47.9. The third-order valence-corrected chi connectivity index (χ3v) is 5.08. The normalized spacial score (nSPS) is 11.5. The molecule has 0 unspecified atom stereocenters. The Bertz CT molecular complexity index is 1270. The van der Waals surface area contributed by atoms with E-state index < -0.39 is 12.0 Å². The molecule has 4 aromatic rings. The summed E-state index contributed by atoms with van der Waals surface area (Å²) in [4.78, 5) is 16.2. The SMILES string of the molecule is COc1ccc2nc(C(F)(F)F)n(-c3ccc(NC(=O)c4cccc(Br)c4)cc3)c2c1. The number of hydrogen-bond donors (Lipinski definition) is 1. The van der Waals surface area contributed by atoms with Crippen LogP contribution in [0.25, 0.3) is 16.7 Å². The molecule has 3 aromatic carbocycles. The van der Waals surface area contributed by atoms with Gasteiger partial charge in [0.15, 0.2) is 0 Å². The third-order valence-electron chi connectivity index (χ3n) is 4.59. The van der Waals surface area contributed by atoms with Crippen LogP contribution in [0.2, 0.25) is 0 Å². The highest BCUT2D eigenvalue weighted by Gasteiger charge is 2.38. The summed E-state index contributed by atoms with van der Waals surface area (Å²) in [5.74, 6) is -0.954. The fourth-order valence-electron chi connectivity index (χ4n) is 3.16. The van der Waals surface area contributed by atoms with Gasteiger partial charge in [0.05, 0.1) is 18.1 Å². The molecule has 1 heterocycles. The number of fused-ring (bicyclic) bond motifs is 1. The minimum atomic E-state index is -4.65. The minimum absolute atomic E-state index is 0.195. The van der Waals surface area contributed by atoms with Crippen molar-refractivity contribution in [3.8, 4) is 11.4 Å². The molecule has 0 fully saturated rings. The number of halogens is 4. The second-order valence-electron chi connectivity index (χ2n) is 6.63. The van der Waals surface area contributed by atoms with Crippen LogP contribution in [0.5, 0.6) is 5.75 Å². The Kier molecular flexibility index (Phi) is 5.45. The molecule has 9 heteroatoms. The Morgan fingerprint density at radius 2 is 1.81 bits per heavy atom. The topological polar surface area (TPSA) is 56.1 Å². The standard InChI is InChI=1S/C22H15BrF3N3O2/c1-31-17-9-10-18-19(12-17)29(21(28-18)22(24,25)26)16-7-5-15(6-8-16)27-20(30)13-3-2-4-14(23)11-13/h2-12H,1H3,(H,27,30). The summed E-state index contributed by atoms with van der Waals surface area (Å²) in [6, 6.07) is 17.5. The minimum Gasteiger partial charge on any atom is -0.497 e. The molecule has 0 atom stereocenters. The van der Waals surface area contributed by atoms with Crippen molar-refractivity contribution < 1.29 is 22.7 Å². The molecule has 31 heavy (non-hydrogen) atoms. The van der Waals surface area contributed by atoms with Crippen LogP contribution in [0.4, 0.5) is 18.9 Å². The number of methoxy groups -OCH3 is 1. The van der Waals surface area contributed by atoms with Gasteiger partial charge in [-0.25, -0.2) is 4.98 Å². The number of imidazole rings is 1. The van der Waals surface area contributed by atoms with Crippen LogP contribution < -0.4 is 10.1 Å². The van der Waals surface area contributed by atoms with Crippen molar-refractivity contribution in [1.82, 2.24) is 9.55 Å². The highest BCUT2D eigenvalue weighted by atomic mass is 79.9. The highest BCUT2D eigenvalue weighted by Crippen LogP contribution is 2.35. The highest BCUT2D eigenvalue weighted by molar-refractivity contribution is 9.10. The van der Waals surface area contributed by atoms with Crippen molar-refractivity contribution in [1.29, 1.82) is 0 Å². The molecule has 1 amide bonds. The molecule has 1 N–H and O–H groups in total. The van der Waals surface area contributed by atoms with Gasteiger partial charge in [-0.05, 0) is 54.6 Å². The van der Waals surface area contributed by atoms with Gasteiger partial charge in [0, 0.05) is 27.5 Å². The maximum Gasteiger partial charge on any atom is 0.450 e. The number of carbonyl (C=O) groups excluding carboxylic acids is 1. The number of nitrogens with one attached hydrogen (secondary N) is 1. The van der Waals surface area contributed by atoms with Crippen molar-refractivity contribution in [2.75, 3.05) is 12.4 Å². The number of aromatic nitrogens is 2. The average molecular weight is 490 g/mol. The molecular formula is C22H15BrF3N3O2. The van der Waals surface area contributed by atoms with Crippen LogP contribution in [-0.2, 0) is 6.18 Å². The van der Waals surface area contributed by atoms with E-state index in [1.165, 1.54) is 43.5 Å². The molecule has 158 valence electrons. The first-order valence-electron chi connectivity index (χ1n) is 9.07. The second-order valence-corrected chi connectivity index (χ2v) is 7.55. The van der Waals surface area contributed by atoms with Crippen LogP contribution in [0.1, 0.15) is 16.2 Å². The van der Waals surface area contributed by atoms with Crippen LogP contribution in [-0.4, -0.2) is 22.6 Å². The first kappa shape index (κ1) is 20.9. The predicted molar refractivity (Wildman–Crippen MR) is 115 cm³/mol. The van der Waals surface area contributed by atoms with Crippen molar-refractivity contribution in [2.45, 2.75) is 6.18 Å². The molecule has 0 saturated carbocycles. The van der Waals surface area contributed by atoms with Gasteiger partial charge in [0.25, 0.3) is 5.91 Å². The van der Waals surface area contributed by atoms with E-state index in [0.717, 1.165) is 9.04 Å². The number of rotatable bonds is 4. The van der Waals surface area contributed by atoms with Gasteiger partial charge in [-0.2, -0.15) is 13.2 Å². The van der Waals surface area contributed by atoms with E-state index in [2.05, 4.69) is 26.2 Å². The molecule has 0 spiro atoms. The van der Waals surface area contributed by atoms with E-state index in [9.17, 15) is 18.0 Å². The van der Waals surface area contributed by atoms with E-state index in [-0.39, 0.29) is 22.6 Å².